The minimum atomic E-state index is -0.669. The zero-order chi connectivity index (χ0) is 24.0. The maximum atomic E-state index is 12.9. The molecule has 2 aromatic rings. The number of hydrogen-bond donors (Lipinski definition) is 3. The topological polar surface area (TPSA) is 106 Å². The third-order valence-electron chi connectivity index (χ3n) is 4.88. The number of carbonyl (C=O) groups excluding carboxylic acids is 3. The summed E-state index contributed by atoms with van der Waals surface area (Å²) in [6.45, 7) is 7.20. The summed E-state index contributed by atoms with van der Waals surface area (Å²) in [7, 11) is 0. The first-order valence-electron chi connectivity index (χ1n) is 10.8. The lowest BCUT2D eigenvalue weighted by atomic mass is 9.91. The van der Waals surface area contributed by atoms with Gasteiger partial charge in [0.15, 0.2) is 6.61 Å². The number of urea groups is 1. The van der Waals surface area contributed by atoms with Gasteiger partial charge in [-0.2, -0.15) is 0 Å². The smallest absolute Gasteiger partial charge is 0.338 e. The van der Waals surface area contributed by atoms with Crippen molar-refractivity contribution >= 4 is 23.6 Å². The third-order valence-corrected chi connectivity index (χ3v) is 4.88. The second-order valence-corrected chi connectivity index (χ2v) is 8.24. The minimum absolute atomic E-state index is 0.0843. The molecule has 8 heteroatoms. The molecule has 1 aliphatic heterocycles. The molecule has 3 N–H and O–H groups in total. The van der Waals surface area contributed by atoms with Crippen LogP contribution in [0.3, 0.4) is 0 Å². The predicted octanol–water partition coefficient (Wildman–Crippen LogP) is 3.92. The van der Waals surface area contributed by atoms with Crippen molar-refractivity contribution in [2.45, 2.75) is 39.8 Å². The first-order valence-corrected chi connectivity index (χ1v) is 10.8. The first kappa shape index (κ1) is 23.8. The van der Waals surface area contributed by atoms with Crippen LogP contribution in [0.5, 0.6) is 5.75 Å². The van der Waals surface area contributed by atoms with Gasteiger partial charge in [0.05, 0.1) is 17.7 Å². The van der Waals surface area contributed by atoms with Crippen molar-refractivity contribution in [2.75, 3.05) is 11.9 Å². The van der Waals surface area contributed by atoms with Crippen LogP contribution in [0, 0.1) is 5.92 Å². The van der Waals surface area contributed by atoms with E-state index in [0.29, 0.717) is 28.3 Å². The maximum Gasteiger partial charge on any atom is 0.338 e. The van der Waals surface area contributed by atoms with E-state index in [1.807, 2.05) is 32.0 Å². The van der Waals surface area contributed by atoms with Gasteiger partial charge < -0.3 is 25.4 Å². The van der Waals surface area contributed by atoms with Gasteiger partial charge in [0.2, 0.25) is 0 Å². The maximum absolute atomic E-state index is 12.9. The predicted molar refractivity (Wildman–Crippen MR) is 125 cm³/mol. The Bertz CT molecular complexity index is 1030. The molecule has 0 fully saturated rings. The van der Waals surface area contributed by atoms with Crippen molar-refractivity contribution in [2.24, 2.45) is 5.92 Å². The van der Waals surface area contributed by atoms with Gasteiger partial charge in [0, 0.05) is 11.4 Å². The average molecular weight is 452 g/mol. The van der Waals surface area contributed by atoms with E-state index in [9.17, 15) is 14.4 Å². The molecule has 3 rings (SSSR count). The highest BCUT2D eigenvalue weighted by Gasteiger charge is 2.35. The number of para-hydroxylation sites is 1. The van der Waals surface area contributed by atoms with E-state index in [1.54, 1.807) is 50.2 Å². The van der Waals surface area contributed by atoms with Gasteiger partial charge in [-0.25, -0.2) is 9.59 Å². The van der Waals surface area contributed by atoms with Crippen LogP contribution in [0.2, 0.25) is 0 Å². The number of nitrogens with one attached hydrogen (secondary N) is 3. The van der Waals surface area contributed by atoms with E-state index in [1.165, 1.54) is 0 Å². The molecular formula is C25H29N3O5. The number of benzene rings is 2. The zero-order valence-corrected chi connectivity index (χ0v) is 19.2. The Morgan fingerprint density at radius 2 is 1.67 bits per heavy atom. The quantitative estimate of drug-likeness (QED) is 0.528. The number of allylic oxidation sites excluding steroid dienone is 1. The fourth-order valence-corrected chi connectivity index (χ4v) is 3.42. The van der Waals surface area contributed by atoms with Crippen LogP contribution in [0.1, 0.15) is 39.3 Å². The van der Waals surface area contributed by atoms with Crippen LogP contribution < -0.4 is 20.7 Å². The number of carbonyl (C=O) groups is 3. The summed E-state index contributed by atoms with van der Waals surface area (Å²) in [4.78, 5) is 37.2. The molecule has 2 aromatic carbocycles. The number of anilines is 1. The molecule has 1 atom stereocenters. The van der Waals surface area contributed by atoms with Crippen LogP contribution in [-0.2, 0) is 14.3 Å². The van der Waals surface area contributed by atoms with E-state index in [-0.39, 0.29) is 30.6 Å². The Balaban J connectivity index is 1.74. The molecule has 1 heterocycles. The monoisotopic (exact) mass is 451 g/mol. The lowest BCUT2D eigenvalue weighted by molar-refractivity contribution is -0.143. The van der Waals surface area contributed by atoms with Gasteiger partial charge in [-0.15, -0.1) is 0 Å². The van der Waals surface area contributed by atoms with Crippen LogP contribution in [0.25, 0.3) is 0 Å². The lowest BCUT2D eigenvalue weighted by Crippen LogP contribution is -2.47. The highest BCUT2D eigenvalue weighted by molar-refractivity contribution is 5.95. The van der Waals surface area contributed by atoms with Crippen LogP contribution >= 0.6 is 0 Å². The summed E-state index contributed by atoms with van der Waals surface area (Å²) in [5, 5.41) is 8.30. The minimum Gasteiger partial charge on any atom is -0.484 e. The van der Waals surface area contributed by atoms with Crippen molar-refractivity contribution in [3.8, 4) is 5.75 Å². The van der Waals surface area contributed by atoms with Crippen molar-refractivity contribution in [3.05, 3.63) is 71.4 Å². The third kappa shape index (κ3) is 6.35. The van der Waals surface area contributed by atoms with Crippen LogP contribution in [-0.4, -0.2) is 30.6 Å². The Morgan fingerprint density at radius 3 is 2.27 bits per heavy atom. The molecular weight excluding hydrogens is 422 g/mol. The summed E-state index contributed by atoms with van der Waals surface area (Å²) >= 11 is 0. The molecule has 0 radical (unpaired) electrons. The summed E-state index contributed by atoms with van der Waals surface area (Å²) in [6.07, 6.45) is -0.297. The standard InChI is InChI=1S/C25H29N3O5/c1-15(2)22-21(24(30)33-16(3)4)23(28-25(31)27-22)17-10-12-19(13-11-17)32-14-20(29)26-18-8-6-5-7-9-18/h5-13,15-16,23H,14H2,1-4H3,(H,26,29)(H2,27,28,31). The van der Waals surface area contributed by atoms with Gasteiger partial charge in [-0.05, 0) is 49.6 Å². The van der Waals surface area contributed by atoms with Crippen molar-refractivity contribution in [1.29, 1.82) is 0 Å². The van der Waals surface area contributed by atoms with Gasteiger partial charge in [-0.1, -0.05) is 44.2 Å². The van der Waals surface area contributed by atoms with Crippen molar-refractivity contribution in [1.82, 2.24) is 10.6 Å². The average Bonchev–Trinajstić information content (AvgIpc) is 2.77. The summed E-state index contributed by atoms with van der Waals surface area (Å²) < 4.78 is 11.0. The van der Waals surface area contributed by atoms with Crippen LogP contribution in [0.15, 0.2) is 65.9 Å². The second kappa shape index (κ2) is 10.7. The van der Waals surface area contributed by atoms with Crippen LogP contribution in [0.4, 0.5) is 10.5 Å². The Morgan fingerprint density at radius 1 is 1.00 bits per heavy atom. The Kier molecular flexibility index (Phi) is 7.71. The van der Waals surface area contributed by atoms with E-state index in [0.717, 1.165) is 0 Å². The first-order chi connectivity index (χ1) is 15.7. The van der Waals surface area contributed by atoms with Crippen molar-refractivity contribution in [3.63, 3.8) is 0 Å². The van der Waals surface area contributed by atoms with E-state index >= 15 is 0 Å². The number of esters is 1. The molecule has 0 bridgehead atoms. The van der Waals surface area contributed by atoms with E-state index < -0.39 is 12.0 Å². The highest BCUT2D eigenvalue weighted by atomic mass is 16.5. The Labute approximate surface area is 193 Å². The fraction of sp³-hybridized carbons (Fsp3) is 0.320. The fourth-order valence-electron chi connectivity index (χ4n) is 3.42. The number of amides is 3. The van der Waals surface area contributed by atoms with E-state index in [2.05, 4.69) is 16.0 Å². The summed E-state index contributed by atoms with van der Waals surface area (Å²) in [6, 6.07) is 15.0. The normalized spacial score (nSPS) is 15.7. The largest absolute Gasteiger partial charge is 0.484 e. The number of rotatable bonds is 8. The number of hydrogen-bond acceptors (Lipinski definition) is 5. The highest BCUT2D eigenvalue weighted by Crippen LogP contribution is 2.31. The lowest BCUT2D eigenvalue weighted by Gasteiger charge is -2.31. The van der Waals surface area contributed by atoms with Gasteiger partial charge in [0.1, 0.15) is 5.75 Å². The SMILES string of the molecule is CC(C)OC(=O)C1=C(C(C)C)NC(=O)NC1c1ccc(OCC(=O)Nc2ccccc2)cc1. The molecule has 8 nitrogen and oxygen atoms in total. The van der Waals surface area contributed by atoms with Crippen molar-refractivity contribution < 1.29 is 23.9 Å². The molecule has 3 amide bonds. The van der Waals surface area contributed by atoms with Gasteiger partial charge >= 0.3 is 12.0 Å². The molecule has 1 aliphatic rings. The molecule has 174 valence electrons. The zero-order valence-electron chi connectivity index (χ0n) is 19.2. The van der Waals surface area contributed by atoms with E-state index in [4.69, 9.17) is 9.47 Å². The van der Waals surface area contributed by atoms with Gasteiger partial charge in [0.25, 0.3) is 5.91 Å². The Hall–Kier alpha value is -3.81. The molecule has 1 unspecified atom stereocenters. The number of ether oxygens (including phenoxy) is 2. The molecule has 0 saturated heterocycles. The van der Waals surface area contributed by atoms with Gasteiger partial charge in [-0.3, -0.25) is 4.79 Å². The molecule has 0 aliphatic carbocycles. The molecule has 0 spiro atoms. The second-order valence-electron chi connectivity index (χ2n) is 8.24. The summed E-state index contributed by atoms with van der Waals surface area (Å²) in [5.41, 5.74) is 2.29. The molecule has 0 aromatic heterocycles. The molecule has 0 saturated carbocycles. The summed E-state index contributed by atoms with van der Waals surface area (Å²) in [5.74, 6) is -0.358. The molecule has 33 heavy (non-hydrogen) atoms.